The first-order valence-electron chi connectivity index (χ1n) is 10.3. The van der Waals surface area contributed by atoms with Crippen LogP contribution in [0.4, 0.5) is 0 Å². The summed E-state index contributed by atoms with van der Waals surface area (Å²) in [5, 5.41) is 3.61. The Labute approximate surface area is 186 Å². The first kappa shape index (κ1) is 23.7. The van der Waals surface area contributed by atoms with Crippen LogP contribution in [0.1, 0.15) is 65.6 Å². The van der Waals surface area contributed by atoms with E-state index in [2.05, 4.69) is 54.5 Å². The van der Waals surface area contributed by atoms with Crippen LogP contribution in [0.5, 0.6) is 0 Å². The average Bonchev–Trinajstić information content (AvgIpc) is 3.09. The second-order valence-corrected chi connectivity index (χ2v) is 16.5. The second kappa shape index (κ2) is 9.92. The van der Waals surface area contributed by atoms with Gasteiger partial charge in [0.1, 0.15) is 0 Å². The Bertz CT molecular complexity index is 756. The minimum atomic E-state index is -1.67. The maximum absolute atomic E-state index is 4.93. The molecule has 0 saturated carbocycles. The third kappa shape index (κ3) is 4.16. The van der Waals surface area contributed by atoms with Gasteiger partial charge in [0, 0.05) is 0 Å². The minimum absolute atomic E-state index is 0.826. The summed E-state index contributed by atoms with van der Waals surface area (Å²) < 4.78 is 0. The van der Waals surface area contributed by atoms with Crippen LogP contribution < -0.4 is 10.4 Å². The zero-order valence-corrected chi connectivity index (χ0v) is 23.0. The molecule has 0 aliphatic heterocycles. The first-order valence-corrected chi connectivity index (χ1v) is 19.0. The zero-order chi connectivity index (χ0) is 20.4. The van der Waals surface area contributed by atoms with Crippen LogP contribution in [0, 0.1) is 34.6 Å². The van der Waals surface area contributed by atoms with Gasteiger partial charge in [-0.2, -0.15) is 49.3 Å². The monoisotopic (exact) mass is 498 g/mol. The third-order valence-electron chi connectivity index (χ3n) is 7.20. The molecule has 0 N–H and O–H groups in total. The maximum atomic E-state index is 4.93. The van der Waals surface area contributed by atoms with Gasteiger partial charge in [-0.25, -0.2) is 6.07 Å². The van der Waals surface area contributed by atoms with Gasteiger partial charge in [0.25, 0.3) is 0 Å². The van der Waals surface area contributed by atoms with Crippen LogP contribution in [0.25, 0.3) is 0 Å². The van der Waals surface area contributed by atoms with Gasteiger partial charge in [-0.3, -0.25) is 0 Å². The standard InChI is InChI=1S/C23H34Si.2ClH.Zr/c1-8-24(9-2,23-18(6)16(4)17(5)19(23)7)22-15(3)14-20-12-10-11-13-21(20)22;;;/h14H,8-13H2,1-7H3;2*1H;/q-2;;;+4/p-2. The van der Waals surface area contributed by atoms with E-state index in [0.717, 1.165) is 0 Å². The Morgan fingerprint density at radius 3 is 1.85 bits per heavy atom. The molecule has 0 spiro atoms. The van der Waals surface area contributed by atoms with E-state index in [0.29, 0.717) is 0 Å². The third-order valence-corrected chi connectivity index (χ3v) is 13.0. The molecule has 0 bridgehead atoms. The Hall–Kier alpha value is 0.380. The van der Waals surface area contributed by atoms with E-state index >= 15 is 0 Å². The molecule has 2 aromatic rings. The van der Waals surface area contributed by atoms with Crippen molar-refractivity contribution in [2.24, 2.45) is 0 Å². The van der Waals surface area contributed by atoms with E-state index in [1.54, 1.807) is 44.1 Å². The SMILES string of the molecule is CC[Si](CC)([c-]1c(C)c(C)c(C)c1C)[c-]1c(C)cc2c1CCCC2.[Cl][Zr+2][Cl]. The molecule has 0 unspecified atom stereocenters. The number of hydrogen-bond donors (Lipinski definition) is 0. The molecule has 1 aliphatic rings. The summed E-state index contributed by atoms with van der Waals surface area (Å²) >= 11 is -0.826. The number of rotatable bonds is 4. The van der Waals surface area contributed by atoms with Gasteiger partial charge >= 0.3 is 37.9 Å². The molecule has 0 heterocycles. The van der Waals surface area contributed by atoms with Crippen molar-refractivity contribution in [1.29, 1.82) is 0 Å². The van der Waals surface area contributed by atoms with Crippen LogP contribution in [0.3, 0.4) is 0 Å². The predicted molar refractivity (Wildman–Crippen MR) is 122 cm³/mol. The molecule has 0 nitrogen and oxygen atoms in total. The predicted octanol–water partition coefficient (Wildman–Crippen LogP) is 6.52. The van der Waals surface area contributed by atoms with E-state index in [1.165, 1.54) is 37.8 Å². The Morgan fingerprint density at radius 2 is 1.37 bits per heavy atom. The molecular formula is C23H34Cl2SiZr. The topological polar surface area (TPSA) is 0 Å². The summed E-state index contributed by atoms with van der Waals surface area (Å²) in [6.07, 6.45) is 5.41. The van der Waals surface area contributed by atoms with Crippen molar-refractivity contribution in [3.8, 4) is 0 Å². The van der Waals surface area contributed by atoms with E-state index in [9.17, 15) is 0 Å². The molecule has 4 heteroatoms. The fourth-order valence-electron chi connectivity index (χ4n) is 5.63. The van der Waals surface area contributed by atoms with Gasteiger partial charge in [-0.05, 0) is 8.07 Å². The molecule has 3 rings (SSSR count). The second-order valence-electron chi connectivity index (χ2n) is 8.15. The molecule has 0 aromatic heterocycles. The quantitative estimate of drug-likeness (QED) is 0.331. The van der Waals surface area contributed by atoms with E-state index < -0.39 is 28.9 Å². The Balaban J connectivity index is 0.000000817. The summed E-state index contributed by atoms with van der Waals surface area (Å²) in [4.78, 5) is 0. The van der Waals surface area contributed by atoms with Crippen LogP contribution in [0.2, 0.25) is 12.1 Å². The molecule has 0 saturated heterocycles. The fourth-order valence-corrected chi connectivity index (χ4v) is 11.3. The summed E-state index contributed by atoms with van der Waals surface area (Å²) in [5.41, 5.74) is 11.3. The van der Waals surface area contributed by atoms with Crippen LogP contribution >= 0.6 is 17.0 Å². The van der Waals surface area contributed by atoms with E-state index in [4.69, 9.17) is 17.0 Å². The molecule has 2 aromatic carbocycles. The molecule has 1 aliphatic carbocycles. The van der Waals surface area contributed by atoms with Gasteiger partial charge in [-0.15, -0.1) is 0 Å². The number of fused-ring (bicyclic) bond motifs is 1. The van der Waals surface area contributed by atoms with E-state index in [1.807, 2.05) is 5.19 Å². The van der Waals surface area contributed by atoms with Crippen LogP contribution in [-0.4, -0.2) is 8.07 Å². The van der Waals surface area contributed by atoms with Crippen molar-refractivity contribution < 1.29 is 20.8 Å². The van der Waals surface area contributed by atoms with Crippen molar-refractivity contribution in [2.75, 3.05) is 0 Å². The van der Waals surface area contributed by atoms with Crippen molar-refractivity contribution in [1.82, 2.24) is 0 Å². The molecule has 0 atom stereocenters. The van der Waals surface area contributed by atoms with Crippen LogP contribution in [-0.2, 0) is 33.7 Å². The van der Waals surface area contributed by atoms with Crippen molar-refractivity contribution >= 4 is 35.5 Å². The summed E-state index contributed by atoms with van der Waals surface area (Å²) in [7, 11) is 8.20. The van der Waals surface area contributed by atoms with Crippen molar-refractivity contribution in [3.63, 3.8) is 0 Å². The van der Waals surface area contributed by atoms with Crippen molar-refractivity contribution in [3.05, 3.63) is 45.0 Å². The molecular weight excluding hydrogens is 466 g/mol. The Morgan fingerprint density at radius 1 is 0.889 bits per heavy atom. The van der Waals surface area contributed by atoms with Gasteiger partial charge in [-0.1, -0.05) is 86.2 Å². The van der Waals surface area contributed by atoms with Crippen molar-refractivity contribution in [2.45, 2.75) is 86.2 Å². The van der Waals surface area contributed by atoms with Gasteiger partial charge in [0.15, 0.2) is 0 Å². The molecule has 27 heavy (non-hydrogen) atoms. The summed E-state index contributed by atoms with van der Waals surface area (Å²) in [6, 6.07) is 5.22. The molecule has 0 radical (unpaired) electrons. The van der Waals surface area contributed by atoms with Crippen LogP contribution in [0.15, 0.2) is 6.07 Å². The van der Waals surface area contributed by atoms with E-state index in [-0.39, 0.29) is 0 Å². The zero-order valence-electron chi connectivity index (χ0n) is 18.1. The molecule has 148 valence electrons. The molecule has 0 fully saturated rings. The summed E-state index contributed by atoms with van der Waals surface area (Å²) in [5.74, 6) is 0. The van der Waals surface area contributed by atoms with Gasteiger partial charge in [0.05, 0.1) is 0 Å². The van der Waals surface area contributed by atoms with Gasteiger partial charge in [0.2, 0.25) is 0 Å². The number of hydrogen-bond acceptors (Lipinski definition) is 0. The number of aryl methyl sites for hydroxylation is 2. The Kier molecular flexibility index (Phi) is 8.70. The first-order chi connectivity index (χ1) is 12.8. The molecule has 0 amide bonds. The van der Waals surface area contributed by atoms with Gasteiger partial charge < -0.3 is 0 Å². The normalized spacial score (nSPS) is 13.7. The average molecular weight is 501 g/mol. The summed E-state index contributed by atoms with van der Waals surface area (Å²) in [6.45, 7) is 16.8. The number of halogens is 2. The fraction of sp³-hybridized carbons (Fsp3) is 0.565.